The van der Waals surface area contributed by atoms with Crippen molar-refractivity contribution >= 4 is 0 Å². The molecule has 0 aliphatic carbocycles. The van der Waals surface area contributed by atoms with Gasteiger partial charge in [0, 0.05) is 0 Å². The smallest absolute Gasteiger partial charge is 0.109 e. The van der Waals surface area contributed by atoms with Gasteiger partial charge in [0.25, 0.3) is 0 Å². The van der Waals surface area contributed by atoms with Crippen molar-refractivity contribution in [1.29, 1.82) is 0 Å². The van der Waals surface area contributed by atoms with E-state index in [1.54, 1.807) is 0 Å². The summed E-state index contributed by atoms with van der Waals surface area (Å²) in [5.41, 5.74) is 5.87. The summed E-state index contributed by atoms with van der Waals surface area (Å²) in [6, 6.07) is 11.7. The average Bonchev–Trinajstić information content (AvgIpc) is 2.37. The van der Waals surface area contributed by atoms with E-state index < -0.39 is 12.2 Å². The third-order valence-electron chi connectivity index (χ3n) is 3.79. The zero-order valence-electron chi connectivity index (χ0n) is 12.5. The lowest BCUT2D eigenvalue weighted by Crippen LogP contribution is -2.13. The van der Waals surface area contributed by atoms with E-state index >= 15 is 0 Å². The Labute approximate surface area is 120 Å². The fraction of sp³-hybridized carbons (Fsp3) is 0.333. The highest BCUT2D eigenvalue weighted by Crippen LogP contribution is 2.32. The van der Waals surface area contributed by atoms with Gasteiger partial charge in [-0.05, 0) is 49.9 Å². The summed E-state index contributed by atoms with van der Waals surface area (Å²) in [5, 5.41) is 20.9. The Morgan fingerprint density at radius 3 is 1.30 bits per heavy atom. The highest BCUT2D eigenvalue weighted by molar-refractivity contribution is 5.37. The number of hydrogen-bond donors (Lipinski definition) is 2. The number of aliphatic hydroxyl groups is 2. The lowest BCUT2D eigenvalue weighted by molar-refractivity contribution is 0.0165. The van der Waals surface area contributed by atoms with Crippen molar-refractivity contribution in [1.82, 2.24) is 0 Å². The van der Waals surface area contributed by atoms with Gasteiger partial charge in [-0.2, -0.15) is 0 Å². The lowest BCUT2D eigenvalue weighted by Gasteiger charge is -2.22. The third kappa shape index (κ3) is 2.92. The number of aliphatic hydroxyl groups excluding tert-OH is 2. The summed E-state index contributed by atoms with van der Waals surface area (Å²) in [7, 11) is 0. The van der Waals surface area contributed by atoms with Gasteiger partial charge in [0.1, 0.15) is 12.2 Å². The van der Waals surface area contributed by atoms with E-state index in [0.717, 1.165) is 33.4 Å². The summed E-state index contributed by atoms with van der Waals surface area (Å²) < 4.78 is 0. The van der Waals surface area contributed by atoms with Crippen LogP contribution in [0.15, 0.2) is 36.4 Å². The zero-order valence-corrected chi connectivity index (χ0v) is 12.5. The highest BCUT2D eigenvalue weighted by Gasteiger charge is 2.23. The van der Waals surface area contributed by atoms with E-state index in [1.165, 1.54) is 0 Å². The molecule has 0 radical (unpaired) electrons. The molecule has 2 aromatic rings. The Morgan fingerprint density at radius 1 is 0.650 bits per heavy atom. The monoisotopic (exact) mass is 270 g/mol. The minimum absolute atomic E-state index is 0.781. The predicted molar refractivity (Wildman–Crippen MR) is 81.8 cm³/mol. The Hall–Kier alpha value is -1.64. The Kier molecular flexibility index (Phi) is 4.26. The predicted octanol–water partition coefficient (Wildman–Crippen LogP) is 3.69. The molecule has 2 unspecified atom stereocenters. The van der Waals surface area contributed by atoms with Crippen LogP contribution >= 0.6 is 0 Å². The summed E-state index contributed by atoms with van der Waals surface area (Å²) in [6.07, 6.45) is -1.81. The van der Waals surface area contributed by atoms with E-state index in [9.17, 15) is 10.2 Å². The largest absolute Gasteiger partial charge is 0.385 e. The molecule has 0 bridgehead atoms. The lowest BCUT2D eigenvalue weighted by atomic mass is 9.91. The van der Waals surface area contributed by atoms with Crippen LogP contribution in [0.4, 0.5) is 0 Å². The van der Waals surface area contributed by atoms with E-state index in [4.69, 9.17) is 0 Å². The first kappa shape index (κ1) is 14.8. The molecular formula is C18H22O2. The molecule has 0 amide bonds. The summed E-state index contributed by atoms with van der Waals surface area (Å²) in [6.45, 7) is 7.95. The first-order valence-electron chi connectivity index (χ1n) is 6.90. The van der Waals surface area contributed by atoms with Gasteiger partial charge in [-0.25, -0.2) is 0 Å². The molecule has 2 aromatic carbocycles. The number of aryl methyl sites for hydroxylation is 4. The molecule has 2 rings (SSSR count). The second-order valence-corrected chi connectivity index (χ2v) is 5.61. The first-order valence-corrected chi connectivity index (χ1v) is 6.90. The third-order valence-corrected chi connectivity index (χ3v) is 3.79. The van der Waals surface area contributed by atoms with E-state index in [-0.39, 0.29) is 0 Å². The second-order valence-electron chi connectivity index (χ2n) is 5.61. The molecule has 0 fully saturated rings. The van der Waals surface area contributed by atoms with Crippen molar-refractivity contribution in [2.75, 3.05) is 0 Å². The zero-order chi connectivity index (χ0) is 14.9. The fourth-order valence-corrected chi connectivity index (χ4v) is 2.66. The van der Waals surface area contributed by atoms with Crippen LogP contribution in [0.5, 0.6) is 0 Å². The molecule has 0 aromatic heterocycles. The molecular weight excluding hydrogens is 248 g/mol. The minimum Gasteiger partial charge on any atom is -0.385 e. The molecule has 0 heterocycles. The van der Waals surface area contributed by atoms with Crippen molar-refractivity contribution < 1.29 is 10.2 Å². The SMILES string of the molecule is Cc1ccc(C(O)C(O)c2ccc(C)cc2C)c(C)c1. The van der Waals surface area contributed by atoms with Crippen molar-refractivity contribution in [2.24, 2.45) is 0 Å². The summed E-state index contributed by atoms with van der Waals surface area (Å²) in [4.78, 5) is 0. The van der Waals surface area contributed by atoms with Gasteiger partial charge in [0.15, 0.2) is 0 Å². The van der Waals surface area contributed by atoms with Crippen molar-refractivity contribution in [3.8, 4) is 0 Å². The van der Waals surface area contributed by atoms with Crippen LogP contribution in [-0.2, 0) is 0 Å². The molecule has 2 nitrogen and oxygen atoms in total. The number of hydrogen-bond acceptors (Lipinski definition) is 2. The molecule has 0 aliphatic heterocycles. The molecule has 2 heteroatoms. The maximum atomic E-state index is 10.5. The van der Waals surface area contributed by atoms with E-state index in [1.807, 2.05) is 64.1 Å². The maximum Gasteiger partial charge on any atom is 0.109 e. The number of benzene rings is 2. The van der Waals surface area contributed by atoms with E-state index in [0.29, 0.717) is 0 Å². The van der Waals surface area contributed by atoms with Gasteiger partial charge in [0.05, 0.1) is 0 Å². The molecule has 0 spiro atoms. The van der Waals surface area contributed by atoms with Gasteiger partial charge in [-0.3, -0.25) is 0 Å². The Bertz CT molecular complexity index is 561. The first-order chi connectivity index (χ1) is 9.40. The number of rotatable bonds is 3. The second kappa shape index (κ2) is 5.78. The van der Waals surface area contributed by atoms with E-state index in [2.05, 4.69) is 0 Å². The van der Waals surface area contributed by atoms with Crippen LogP contribution in [-0.4, -0.2) is 10.2 Å². The molecule has 20 heavy (non-hydrogen) atoms. The van der Waals surface area contributed by atoms with Gasteiger partial charge in [-0.1, -0.05) is 47.5 Å². The van der Waals surface area contributed by atoms with Crippen LogP contribution in [0.2, 0.25) is 0 Å². The van der Waals surface area contributed by atoms with Crippen LogP contribution < -0.4 is 0 Å². The molecule has 0 saturated heterocycles. The molecule has 2 atom stereocenters. The average molecular weight is 270 g/mol. The van der Waals surface area contributed by atoms with Crippen LogP contribution in [0.3, 0.4) is 0 Å². The molecule has 0 aliphatic rings. The summed E-state index contributed by atoms with van der Waals surface area (Å²) >= 11 is 0. The molecule has 106 valence electrons. The molecule has 0 saturated carbocycles. The Balaban J connectivity index is 2.34. The topological polar surface area (TPSA) is 40.5 Å². The fourth-order valence-electron chi connectivity index (χ4n) is 2.66. The standard InChI is InChI=1S/C18H22O2/c1-11-5-7-15(13(3)9-11)17(19)18(20)16-8-6-12(2)10-14(16)4/h5-10,17-20H,1-4H3. The summed E-state index contributed by atoms with van der Waals surface area (Å²) in [5.74, 6) is 0. The normalized spacial score (nSPS) is 14.1. The Morgan fingerprint density at radius 2 is 1.00 bits per heavy atom. The van der Waals surface area contributed by atoms with Gasteiger partial charge < -0.3 is 10.2 Å². The molecule has 2 N–H and O–H groups in total. The van der Waals surface area contributed by atoms with Crippen LogP contribution in [0.25, 0.3) is 0 Å². The van der Waals surface area contributed by atoms with Gasteiger partial charge in [-0.15, -0.1) is 0 Å². The van der Waals surface area contributed by atoms with Gasteiger partial charge >= 0.3 is 0 Å². The van der Waals surface area contributed by atoms with Crippen molar-refractivity contribution in [2.45, 2.75) is 39.9 Å². The quantitative estimate of drug-likeness (QED) is 0.893. The van der Waals surface area contributed by atoms with Crippen LogP contribution in [0.1, 0.15) is 45.6 Å². The highest BCUT2D eigenvalue weighted by atomic mass is 16.3. The minimum atomic E-state index is -0.906. The van der Waals surface area contributed by atoms with Crippen molar-refractivity contribution in [3.63, 3.8) is 0 Å². The maximum absolute atomic E-state index is 10.5. The van der Waals surface area contributed by atoms with Gasteiger partial charge in [0.2, 0.25) is 0 Å². The van der Waals surface area contributed by atoms with Crippen molar-refractivity contribution in [3.05, 3.63) is 69.8 Å². The van der Waals surface area contributed by atoms with Crippen LogP contribution in [0, 0.1) is 27.7 Å².